The molecule has 1 fully saturated rings. The molecule has 1 aliphatic rings. The number of carbonyl (C=O) groups is 1. The van der Waals surface area contributed by atoms with Crippen LogP contribution >= 0.6 is 11.8 Å². The summed E-state index contributed by atoms with van der Waals surface area (Å²) in [7, 11) is 1.91. The maximum absolute atomic E-state index is 11.3. The summed E-state index contributed by atoms with van der Waals surface area (Å²) < 4.78 is 1.85. The van der Waals surface area contributed by atoms with Gasteiger partial charge < -0.3 is 5.11 Å². The number of hydrogen-bond acceptors (Lipinski definition) is 3. The summed E-state index contributed by atoms with van der Waals surface area (Å²) in [6, 6.07) is 2.03. The topological polar surface area (TPSA) is 55.1 Å². The van der Waals surface area contributed by atoms with E-state index in [1.807, 2.05) is 24.7 Å². The summed E-state index contributed by atoms with van der Waals surface area (Å²) in [5.74, 6) is -0.257. The minimum Gasteiger partial charge on any atom is -0.481 e. The lowest BCUT2D eigenvalue weighted by molar-refractivity contribution is -0.142. The van der Waals surface area contributed by atoms with Crippen molar-refractivity contribution in [3.63, 3.8) is 0 Å². The summed E-state index contributed by atoms with van der Waals surface area (Å²) in [5, 5.41) is 14.9. The molecule has 0 aromatic carbocycles. The number of thioether (sulfide) groups is 1. The first-order valence-corrected chi connectivity index (χ1v) is 7.25. The van der Waals surface area contributed by atoms with Gasteiger partial charge >= 0.3 is 5.97 Å². The van der Waals surface area contributed by atoms with E-state index in [1.165, 1.54) is 0 Å². The van der Waals surface area contributed by atoms with Crippen LogP contribution in [0.25, 0.3) is 0 Å². The van der Waals surface area contributed by atoms with Gasteiger partial charge in [-0.2, -0.15) is 5.10 Å². The zero-order chi connectivity index (χ0) is 13.3. The minimum absolute atomic E-state index is 0.168. The first-order chi connectivity index (χ1) is 8.47. The van der Waals surface area contributed by atoms with Gasteiger partial charge in [-0.15, -0.1) is 11.8 Å². The highest BCUT2D eigenvalue weighted by Gasteiger charge is 2.34. The fraction of sp³-hybridized carbons (Fsp3) is 0.692. The number of carboxylic acid groups (broad SMARTS) is 1. The highest BCUT2D eigenvalue weighted by atomic mass is 32.2. The van der Waals surface area contributed by atoms with Crippen LogP contribution in [0.1, 0.15) is 31.9 Å². The lowest BCUT2D eigenvalue weighted by atomic mass is 9.82. The normalized spacial score (nSPS) is 28.3. The highest BCUT2D eigenvalue weighted by molar-refractivity contribution is 7.99. The van der Waals surface area contributed by atoms with Gasteiger partial charge in [0.25, 0.3) is 0 Å². The van der Waals surface area contributed by atoms with Crippen LogP contribution < -0.4 is 0 Å². The van der Waals surface area contributed by atoms with Gasteiger partial charge in [-0.25, -0.2) is 0 Å². The predicted molar refractivity (Wildman–Crippen MR) is 71.7 cm³/mol. The van der Waals surface area contributed by atoms with E-state index in [0.717, 1.165) is 30.0 Å². The van der Waals surface area contributed by atoms with E-state index in [1.54, 1.807) is 11.8 Å². The van der Waals surface area contributed by atoms with Gasteiger partial charge in [0.2, 0.25) is 0 Å². The van der Waals surface area contributed by atoms with Crippen molar-refractivity contribution in [2.24, 2.45) is 18.9 Å². The zero-order valence-corrected chi connectivity index (χ0v) is 11.9. The molecular formula is C13H20N2O2S. The van der Waals surface area contributed by atoms with Crippen LogP contribution in [0, 0.1) is 18.8 Å². The summed E-state index contributed by atoms with van der Waals surface area (Å²) in [6.07, 6.45) is 2.80. The molecule has 0 amide bonds. The Morgan fingerprint density at radius 1 is 1.56 bits per heavy atom. The third-order valence-electron chi connectivity index (χ3n) is 3.60. The Morgan fingerprint density at radius 2 is 2.28 bits per heavy atom. The Labute approximate surface area is 112 Å². The van der Waals surface area contributed by atoms with Gasteiger partial charge in [0.1, 0.15) is 0 Å². The fourth-order valence-corrected chi connectivity index (χ4v) is 4.18. The van der Waals surface area contributed by atoms with E-state index in [9.17, 15) is 9.90 Å². The number of aryl methyl sites for hydroxylation is 2. The van der Waals surface area contributed by atoms with Crippen molar-refractivity contribution in [3.8, 4) is 0 Å². The average Bonchev–Trinajstić information content (AvgIpc) is 2.57. The van der Waals surface area contributed by atoms with Crippen molar-refractivity contribution < 1.29 is 9.90 Å². The second-order valence-electron chi connectivity index (χ2n) is 5.27. The van der Waals surface area contributed by atoms with Crippen molar-refractivity contribution in [2.45, 2.75) is 43.4 Å². The van der Waals surface area contributed by atoms with Crippen LogP contribution in [0.4, 0.5) is 0 Å². The smallest absolute Gasteiger partial charge is 0.307 e. The van der Waals surface area contributed by atoms with Gasteiger partial charge in [0, 0.05) is 12.3 Å². The molecule has 1 aromatic heterocycles. The number of nitrogens with zero attached hydrogens (tertiary/aromatic N) is 2. The molecule has 1 aromatic rings. The predicted octanol–water partition coefficient (Wildman–Crippen LogP) is 2.71. The van der Waals surface area contributed by atoms with E-state index >= 15 is 0 Å². The molecule has 5 heteroatoms. The maximum Gasteiger partial charge on any atom is 0.307 e. The van der Waals surface area contributed by atoms with Crippen molar-refractivity contribution in [1.29, 1.82) is 0 Å². The van der Waals surface area contributed by atoms with Crippen molar-refractivity contribution in [3.05, 3.63) is 11.8 Å². The first kappa shape index (κ1) is 13.5. The molecule has 4 nitrogen and oxygen atoms in total. The number of rotatable bonds is 3. The molecule has 1 N–H and O–H groups in total. The summed E-state index contributed by atoms with van der Waals surface area (Å²) in [5.41, 5.74) is 0.982. The Kier molecular flexibility index (Phi) is 4.00. The van der Waals surface area contributed by atoms with Crippen LogP contribution in [0.15, 0.2) is 11.1 Å². The fourth-order valence-electron chi connectivity index (χ4n) is 2.59. The lowest BCUT2D eigenvalue weighted by Gasteiger charge is -2.31. The van der Waals surface area contributed by atoms with E-state index in [0.29, 0.717) is 5.92 Å². The maximum atomic E-state index is 11.3. The van der Waals surface area contributed by atoms with E-state index < -0.39 is 5.97 Å². The summed E-state index contributed by atoms with van der Waals surface area (Å²) >= 11 is 1.67. The van der Waals surface area contributed by atoms with Crippen molar-refractivity contribution >= 4 is 17.7 Å². The van der Waals surface area contributed by atoms with Crippen LogP contribution in [0.2, 0.25) is 0 Å². The highest BCUT2D eigenvalue weighted by Crippen LogP contribution is 2.39. The van der Waals surface area contributed by atoms with E-state index in [4.69, 9.17) is 0 Å². The second kappa shape index (κ2) is 5.34. The number of aliphatic carboxylic acids is 1. The lowest BCUT2D eigenvalue weighted by Crippen LogP contribution is -2.32. The van der Waals surface area contributed by atoms with Gasteiger partial charge in [0.15, 0.2) is 0 Å². The minimum atomic E-state index is -0.654. The molecule has 0 radical (unpaired) electrons. The quantitative estimate of drug-likeness (QED) is 0.915. The Hall–Kier alpha value is -0.970. The second-order valence-corrected chi connectivity index (χ2v) is 6.53. The van der Waals surface area contributed by atoms with Gasteiger partial charge in [-0.1, -0.05) is 6.92 Å². The third kappa shape index (κ3) is 2.88. The van der Waals surface area contributed by atoms with Crippen LogP contribution in [-0.4, -0.2) is 26.1 Å². The molecule has 1 aliphatic carbocycles. The molecule has 0 aliphatic heterocycles. The Morgan fingerprint density at radius 3 is 2.83 bits per heavy atom. The summed E-state index contributed by atoms with van der Waals surface area (Å²) in [6.45, 7) is 4.17. The molecule has 2 rings (SSSR count). The van der Waals surface area contributed by atoms with Crippen molar-refractivity contribution in [2.75, 3.05) is 0 Å². The molecular weight excluding hydrogens is 248 g/mol. The van der Waals surface area contributed by atoms with Crippen LogP contribution in [0.5, 0.6) is 0 Å². The molecule has 1 heterocycles. The van der Waals surface area contributed by atoms with Gasteiger partial charge in [0.05, 0.1) is 16.6 Å². The third-order valence-corrected chi connectivity index (χ3v) is 5.05. The van der Waals surface area contributed by atoms with Crippen LogP contribution in [-0.2, 0) is 11.8 Å². The standard InChI is InChI=1S/C13H20N2O2S/c1-8-4-5-10(13(16)17)11(6-8)18-12-7-9(2)14-15(12)3/h7-8,10-11H,4-6H2,1-3H3,(H,16,17). The number of aromatic nitrogens is 2. The molecule has 0 spiro atoms. The van der Waals surface area contributed by atoms with Crippen molar-refractivity contribution in [1.82, 2.24) is 9.78 Å². The molecule has 0 saturated heterocycles. The molecule has 3 atom stereocenters. The van der Waals surface area contributed by atoms with E-state index in [2.05, 4.69) is 12.0 Å². The number of hydrogen-bond donors (Lipinski definition) is 1. The zero-order valence-electron chi connectivity index (χ0n) is 11.1. The average molecular weight is 268 g/mol. The molecule has 1 saturated carbocycles. The van der Waals surface area contributed by atoms with Gasteiger partial charge in [-0.05, 0) is 38.2 Å². The Balaban J connectivity index is 2.13. The summed E-state index contributed by atoms with van der Waals surface area (Å²) in [4.78, 5) is 11.3. The monoisotopic (exact) mass is 268 g/mol. The molecule has 18 heavy (non-hydrogen) atoms. The largest absolute Gasteiger partial charge is 0.481 e. The molecule has 0 bridgehead atoms. The van der Waals surface area contributed by atoms with Gasteiger partial charge in [-0.3, -0.25) is 9.48 Å². The molecule has 100 valence electrons. The SMILES string of the molecule is Cc1cc(SC2CC(C)CCC2C(=O)O)n(C)n1. The first-order valence-electron chi connectivity index (χ1n) is 6.37. The van der Waals surface area contributed by atoms with Crippen LogP contribution in [0.3, 0.4) is 0 Å². The Bertz CT molecular complexity index is 444. The molecule has 3 unspecified atom stereocenters. The van der Waals surface area contributed by atoms with E-state index in [-0.39, 0.29) is 11.2 Å². The number of carboxylic acids is 1.